The van der Waals surface area contributed by atoms with Crippen LogP contribution in [0.15, 0.2) is 64.2 Å². The van der Waals surface area contributed by atoms with E-state index in [1.54, 1.807) is 13.2 Å². The highest BCUT2D eigenvalue weighted by molar-refractivity contribution is 9.10. The number of halogens is 3. The van der Waals surface area contributed by atoms with Crippen molar-refractivity contribution in [3.05, 3.63) is 92.2 Å². The van der Waals surface area contributed by atoms with Crippen molar-refractivity contribution in [1.82, 2.24) is 4.90 Å². The highest BCUT2D eigenvalue weighted by Crippen LogP contribution is 2.46. The fourth-order valence-corrected chi connectivity index (χ4v) is 4.59. The smallest absolute Gasteiger partial charge is 0.177 e. The first-order chi connectivity index (χ1) is 14.9. The van der Waals surface area contributed by atoms with Gasteiger partial charge in [-0.3, -0.25) is 0 Å². The summed E-state index contributed by atoms with van der Waals surface area (Å²) in [5.41, 5.74) is 10.2. The quantitative estimate of drug-likeness (QED) is 0.355. The fraction of sp³-hybridized carbons (Fsp3) is 0.174. The van der Waals surface area contributed by atoms with Gasteiger partial charge in [0.05, 0.1) is 13.2 Å². The van der Waals surface area contributed by atoms with Crippen LogP contribution in [0, 0.1) is 5.82 Å². The number of nitrogen functional groups attached to an aromatic ring is 1. The minimum absolute atomic E-state index is 0.377. The number of hydrogen-bond acceptors (Lipinski definition) is 4. The molecule has 0 amide bonds. The normalized spacial score (nSPS) is 16.5. The molecule has 4 rings (SSSR count). The van der Waals surface area contributed by atoms with Crippen LogP contribution in [-0.2, 0) is 11.4 Å². The topological polar surface area (TPSA) is 60.1 Å². The molecule has 5 nitrogen and oxygen atoms in total. The van der Waals surface area contributed by atoms with Crippen LogP contribution in [0.4, 0.5) is 10.1 Å². The van der Waals surface area contributed by atoms with E-state index in [1.807, 2.05) is 41.3 Å². The van der Waals surface area contributed by atoms with E-state index in [1.165, 1.54) is 19.2 Å². The third-order valence-electron chi connectivity index (χ3n) is 5.22. The number of nitrogens with two attached hydrogens (primary N) is 1. The van der Waals surface area contributed by atoms with Crippen molar-refractivity contribution in [3.8, 4) is 5.75 Å². The van der Waals surface area contributed by atoms with Crippen molar-refractivity contribution in [2.75, 3.05) is 20.0 Å². The Morgan fingerprint density at radius 1 is 1.13 bits per heavy atom. The zero-order valence-corrected chi connectivity index (χ0v) is 19.2. The van der Waals surface area contributed by atoms with Gasteiger partial charge in [-0.25, -0.2) is 4.39 Å². The van der Waals surface area contributed by atoms with E-state index in [2.05, 4.69) is 21.1 Å². The monoisotopic (exact) mass is 503 g/mol. The van der Waals surface area contributed by atoms with Gasteiger partial charge in [-0.15, -0.1) is 0 Å². The van der Waals surface area contributed by atoms with Gasteiger partial charge < -0.3 is 20.2 Å². The van der Waals surface area contributed by atoms with E-state index in [0.717, 1.165) is 26.9 Å². The largest absolute Gasteiger partial charge is 0.497 e. The van der Waals surface area contributed by atoms with Crippen LogP contribution in [0.5, 0.6) is 5.75 Å². The van der Waals surface area contributed by atoms with Crippen LogP contribution in [0.2, 0.25) is 5.02 Å². The number of hydrogen-bond donors (Lipinski definition) is 1. The van der Waals surface area contributed by atoms with Crippen molar-refractivity contribution < 1.29 is 14.0 Å². The van der Waals surface area contributed by atoms with Crippen LogP contribution in [-0.4, -0.2) is 25.0 Å². The molecule has 0 saturated heterocycles. The van der Waals surface area contributed by atoms with Gasteiger partial charge in [0.25, 0.3) is 0 Å². The Bertz CT molecular complexity index is 1150. The summed E-state index contributed by atoms with van der Waals surface area (Å²) in [5.74, 6) is 0.974. The molecule has 0 aliphatic carbocycles. The lowest BCUT2D eigenvalue weighted by Crippen LogP contribution is -2.29. The van der Waals surface area contributed by atoms with E-state index in [9.17, 15) is 4.39 Å². The molecule has 0 saturated carbocycles. The molecule has 0 spiro atoms. The van der Waals surface area contributed by atoms with E-state index in [4.69, 9.17) is 26.9 Å². The number of benzene rings is 3. The van der Waals surface area contributed by atoms with Gasteiger partial charge in [-0.2, -0.15) is 0 Å². The zero-order chi connectivity index (χ0) is 22.1. The van der Waals surface area contributed by atoms with Crippen LogP contribution in [0.3, 0.4) is 0 Å². The van der Waals surface area contributed by atoms with E-state index < -0.39 is 6.04 Å². The number of ether oxygens (including phenoxy) is 1. The Kier molecular flexibility index (Phi) is 6.07. The number of anilines is 1. The molecular weight excluding hydrogens is 485 g/mol. The molecule has 0 fully saturated rings. The molecule has 2 N–H and O–H groups in total. The van der Waals surface area contributed by atoms with Crippen molar-refractivity contribution in [2.24, 2.45) is 5.16 Å². The molecular formula is C23H20BrClFN3O2. The first-order valence-corrected chi connectivity index (χ1v) is 10.6. The second-order valence-corrected chi connectivity index (χ2v) is 8.42. The molecule has 0 aromatic heterocycles. The fourth-order valence-electron chi connectivity index (χ4n) is 3.89. The summed E-state index contributed by atoms with van der Waals surface area (Å²) < 4.78 is 20.3. The lowest BCUT2D eigenvalue weighted by Gasteiger charge is -2.28. The third-order valence-corrected chi connectivity index (χ3v) is 6.02. The van der Waals surface area contributed by atoms with Gasteiger partial charge >= 0.3 is 0 Å². The number of nitrogens with zero attached hydrogens (tertiary/aromatic N) is 2. The Balaban J connectivity index is 1.91. The standard InChI is InChI=1S/C23H20BrClFN3O2/c1-30-16-6-3-13(4-7-16)12-29-22(17-11-15(26)5-8-19(17)25)21-18(23(29)28-31-2)9-14(24)10-20(21)27/h3-11,22H,12,27H2,1-2H3/b28-23+. The summed E-state index contributed by atoms with van der Waals surface area (Å²) in [4.78, 5) is 7.18. The Morgan fingerprint density at radius 3 is 2.55 bits per heavy atom. The van der Waals surface area contributed by atoms with Gasteiger partial charge in [0.2, 0.25) is 0 Å². The highest BCUT2D eigenvalue weighted by Gasteiger charge is 2.39. The predicted octanol–water partition coefficient (Wildman–Crippen LogP) is 5.75. The molecule has 0 radical (unpaired) electrons. The van der Waals surface area contributed by atoms with E-state index in [-0.39, 0.29) is 5.82 Å². The molecule has 0 bridgehead atoms. The Labute approximate surface area is 193 Å². The molecule has 31 heavy (non-hydrogen) atoms. The lowest BCUT2D eigenvalue weighted by atomic mass is 9.96. The molecule has 3 aromatic carbocycles. The van der Waals surface area contributed by atoms with Crippen molar-refractivity contribution >= 4 is 39.1 Å². The van der Waals surface area contributed by atoms with Crippen LogP contribution < -0.4 is 10.5 Å². The van der Waals surface area contributed by atoms with Gasteiger partial charge in [0.1, 0.15) is 18.7 Å². The van der Waals surface area contributed by atoms with Crippen molar-refractivity contribution in [3.63, 3.8) is 0 Å². The maximum Gasteiger partial charge on any atom is 0.177 e. The van der Waals surface area contributed by atoms with Crippen LogP contribution in [0.1, 0.15) is 28.3 Å². The first kappa shape index (κ1) is 21.5. The summed E-state index contributed by atoms with van der Waals surface area (Å²) >= 11 is 10.0. The summed E-state index contributed by atoms with van der Waals surface area (Å²) in [6.07, 6.45) is 0. The number of rotatable bonds is 5. The lowest BCUT2D eigenvalue weighted by molar-refractivity contribution is 0.204. The average Bonchev–Trinajstić information content (AvgIpc) is 3.04. The molecule has 1 aliphatic heterocycles. The number of oxime groups is 1. The maximum atomic E-state index is 14.2. The summed E-state index contributed by atoms with van der Waals surface area (Å²) in [5, 5.41) is 4.73. The summed E-state index contributed by atoms with van der Waals surface area (Å²) in [7, 11) is 3.11. The predicted molar refractivity (Wildman–Crippen MR) is 124 cm³/mol. The summed E-state index contributed by atoms with van der Waals surface area (Å²) in [6, 6.07) is 15.4. The molecule has 3 aromatic rings. The highest BCUT2D eigenvalue weighted by atomic mass is 79.9. The van der Waals surface area contributed by atoms with E-state index in [0.29, 0.717) is 28.7 Å². The molecule has 1 aliphatic rings. The van der Waals surface area contributed by atoms with Gasteiger partial charge in [-0.05, 0) is 48.0 Å². The third kappa shape index (κ3) is 4.07. The molecule has 160 valence electrons. The summed E-state index contributed by atoms with van der Waals surface area (Å²) in [6.45, 7) is 0.468. The Morgan fingerprint density at radius 2 is 1.87 bits per heavy atom. The van der Waals surface area contributed by atoms with Gasteiger partial charge in [-0.1, -0.05) is 44.8 Å². The van der Waals surface area contributed by atoms with E-state index >= 15 is 0 Å². The van der Waals surface area contributed by atoms with Gasteiger partial charge in [0, 0.05) is 38.4 Å². The van der Waals surface area contributed by atoms with Crippen LogP contribution >= 0.6 is 27.5 Å². The second kappa shape index (κ2) is 8.77. The Hall–Kier alpha value is -2.77. The van der Waals surface area contributed by atoms with Crippen molar-refractivity contribution in [1.29, 1.82) is 0 Å². The zero-order valence-electron chi connectivity index (χ0n) is 16.9. The molecule has 1 heterocycles. The minimum atomic E-state index is -0.442. The molecule has 1 atom stereocenters. The van der Waals surface area contributed by atoms with Gasteiger partial charge in [0.15, 0.2) is 5.84 Å². The number of methoxy groups -OCH3 is 1. The average molecular weight is 505 g/mol. The SMILES string of the molecule is CO/N=C1\c2cc(Br)cc(N)c2C(c2cc(F)ccc2Cl)N1Cc1ccc(OC)cc1. The minimum Gasteiger partial charge on any atom is -0.497 e. The van der Waals surface area contributed by atoms with Crippen LogP contribution in [0.25, 0.3) is 0 Å². The first-order valence-electron chi connectivity index (χ1n) is 9.48. The second-order valence-electron chi connectivity index (χ2n) is 7.10. The number of fused-ring (bicyclic) bond motifs is 1. The van der Waals surface area contributed by atoms with Crippen molar-refractivity contribution in [2.45, 2.75) is 12.6 Å². The number of amidine groups is 1. The molecule has 8 heteroatoms. The molecule has 1 unspecified atom stereocenters. The maximum absolute atomic E-state index is 14.2.